The minimum atomic E-state index is 0.495. The van der Waals surface area contributed by atoms with E-state index in [1.54, 1.807) is 0 Å². The van der Waals surface area contributed by atoms with E-state index in [-0.39, 0.29) is 0 Å². The summed E-state index contributed by atoms with van der Waals surface area (Å²) in [5, 5.41) is 0. The van der Waals surface area contributed by atoms with Gasteiger partial charge in [0.1, 0.15) is 5.78 Å². The highest BCUT2D eigenvalue weighted by atomic mass is 16.1. The van der Waals surface area contributed by atoms with Crippen LogP contribution in [0.15, 0.2) is 0 Å². The fraction of sp³-hybridized carbons (Fsp3) is 0.900. The van der Waals surface area contributed by atoms with Crippen LogP contribution < -0.4 is 0 Å². The van der Waals surface area contributed by atoms with E-state index < -0.39 is 0 Å². The molecular weight excluding hydrogens is 136 g/mol. The topological polar surface area (TPSA) is 17.1 Å². The van der Waals surface area contributed by atoms with Crippen LogP contribution in [0.25, 0.3) is 0 Å². The standard InChI is InChI=1S/C10H16O/c11-9-4-7-10(8-9)5-2-1-3-6-10/h1-8H2. The number of hydrogen-bond donors (Lipinski definition) is 0. The van der Waals surface area contributed by atoms with Gasteiger partial charge in [0.2, 0.25) is 0 Å². The predicted molar refractivity (Wildman–Crippen MR) is 44.4 cm³/mol. The lowest BCUT2D eigenvalue weighted by molar-refractivity contribution is -0.118. The summed E-state index contributed by atoms with van der Waals surface area (Å²) in [6.45, 7) is 0. The first kappa shape index (κ1) is 7.33. The Hall–Kier alpha value is -0.330. The summed E-state index contributed by atoms with van der Waals surface area (Å²) in [7, 11) is 0. The van der Waals surface area contributed by atoms with Crippen LogP contribution in [0.3, 0.4) is 0 Å². The Labute approximate surface area is 68.2 Å². The second-order valence-corrected chi connectivity index (χ2v) is 4.28. The van der Waals surface area contributed by atoms with Crippen molar-refractivity contribution in [3.63, 3.8) is 0 Å². The smallest absolute Gasteiger partial charge is 0.133 e. The number of ketones is 1. The molecule has 0 N–H and O–H groups in total. The molecule has 1 spiro atoms. The third-order valence-corrected chi connectivity index (χ3v) is 3.42. The summed E-state index contributed by atoms with van der Waals surface area (Å²) in [6, 6.07) is 0. The Balaban J connectivity index is 2.03. The normalized spacial score (nSPS) is 29.6. The van der Waals surface area contributed by atoms with Crippen LogP contribution in [0.2, 0.25) is 0 Å². The van der Waals surface area contributed by atoms with Gasteiger partial charge in [-0.15, -0.1) is 0 Å². The van der Waals surface area contributed by atoms with E-state index in [1.165, 1.54) is 38.5 Å². The van der Waals surface area contributed by atoms with Gasteiger partial charge in [0, 0.05) is 12.8 Å². The van der Waals surface area contributed by atoms with Gasteiger partial charge in [0.15, 0.2) is 0 Å². The maximum absolute atomic E-state index is 11.1. The van der Waals surface area contributed by atoms with Gasteiger partial charge in [-0.25, -0.2) is 0 Å². The molecule has 2 saturated carbocycles. The SMILES string of the molecule is O=C1CCC2(CCCCC2)C1. The molecule has 1 heteroatoms. The van der Waals surface area contributed by atoms with Crippen molar-refractivity contribution in [2.75, 3.05) is 0 Å². The van der Waals surface area contributed by atoms with Crippen molar-refractivity contribution >= 4 is 5.78 Å². The van der Waals surface area contributed by atoms with E-state index >= 15 is 0 Å². The van der Waals surface area contributed by atoms with Crippen molar-refractivity contribution in [2.24, 2.45) is 5.41 Å². The third kappa shape index (κ3) is 1.33. The molecule has 0 unspecified atom stereocenters. The Morgan fingerprint density at radius 3 is 2.27 bits per heavy atom. The Kier molecular flexibility index (Phi) is 1.74. The molecule has 0 amide bonds. The lowest BCUT2D eigenvalue weighted by atomic mass is 9.73. The van der Waals surface area contributed by atoms with Crippen LogP contribution >= 0.6 is 0 Å². The lowest BCUT2D eigenvalue weighted by Gasteiger charge is -2.32. The molecule has 11 heavy (non-hydrogen) atoms. The van der Waals surface area contributed by atoms with Gasteiger partial charge in [-0.2, -0.15) is 0 Å². The second kappa shape index (κ2) is 2.62. The average molecular weight is 152 g/mol. The van der Waals surface area contributed by atoms with E-state index in [0.29, 0.717) is 11.2 Å². The molecule has 0 aromatic carbocycles. The van der Waals surface area contributed by atoms with Crippen LogP contribution in [0.4, 0.5) is 0 Å². The zero-order chi connectivity index (χ0) is 7.73. The summed E-state index contributed by atoms with van der Waals surface area (Å²) in [5.74, 6) is 0.520. The summed E-state index contributed by atoms with van der Waals surface area (Å²) in [6.07, 6.45) is 9.78. The zero-order valence-electron chi connectivity index (χ0n) is 7.07. The van der Waals surface area contributed by atoms with Crippen molar-refractivity contribution in [1.82, 2.24) is 0 Å². The maximum Gasteiger partial charge on any atom is 0.133 e. The number of Topliss-reactive ketones (excluding diaryl/α,β-unsaturated/α-hetero) is 1. The molecule has 0 bridgehead atoms. The fourth-order valence-electron chi connectivity index (χ4n) is 2.73. The number of carbonyl (C=O) groups excluding carboxylic acids is 1. The number of carbonyl (C=O) groups is 1. The molecule has 0 radical (unpaired) electrons. The molecule has 0 aliphatic heterocycles. The minimum Gasteiger partial charge on any atom is -0.300 e. The molecule has 2 rings (SSSR count). The molecule has 62 valence electrons. The van der Waals surface area contributed by atoms with Gasteiger partial charge >= 0.3 is 0 Å². The minimum absolute atomic E-state index is 0.495. The summed E-state index contributed by atoms with van der Waals surface area (Å²) in [5.41, 5.74) is 0.495. The first-order valence-electron chi connectivity index (χ1n) is 4.83. The van der Waals surface area contributed by atoms with Gasteiger partial charge in [-0.3, -0.25) is 4.79 Å². The molecular formula is C10H16O. The van der Waals surface area contributed by atoms with Crippen LogP contribution in [-0.4, -0.2) is 5.78 Å². The van der Waals surface area contributed by atoms with Crippen molar-refractivity contribution in [2.45, 2.75) is 51.4 Å². The molecule has 2 aliphatic carbocycles. The van der Waals surface area contributed by atoms with Crippen molar-refractivity contribution in [1.29, 1.82) is 0 Å². The lowest BCUT2D eigenvalue weighted by Crippen LogP contribution is -2.20. The first-order valence-corrected chi connectivity index (χ1v) is 4.83. The molecule has 0 aromatic heterocycles. The van der Waals surface area contributed by atoms with E-state index in [1.807, 2.05) is 0 Å². The highest BCUT2D eigenvalue weighted by molar-refractivity contribution is 5.81. The van der Waals surface area contributed by atoms with Crippen LogP contribution in [0.5, 0.6) is 0 Å². The third-order valence-electron chi connectivity index (χ3n) is 3.42. The van der Waals surface area contributed by atoms with Crippen LogP contribution in [0, 0.1) is 5.41 Å². The summed E-state index contributed by atoms with van der Waals surface area (Å²) < 4.78 is 0. The fourth-order valence-corrected chi connectivity index (χ4v) is 2.73. The van der Waals surface area contributed by atoms with Crippen molar-refractivity contribution in [3.05, 3.63) is 0 Å². The summed E-state index contributed by atoms with van der Waals surface area (Å²) >= 11 is 0. The number of rotatable bonds is 0. The maximum atomic E-state index is 11.1. The molecule has 2 fully saturated rings. The van der Waals surface area contributed by atoms with E-state index in [0.717, 1.165) is 12.8 Å². The summed E-state index contributed by atoms with van der Waals surface area (Å²) in [4.78, 5) is 11.1. The molecule has 0 heterocycles. The highest BCUT2D eigenvalue weighted by Gasteiger charge is 2.38. The largest absolute Gasteiger partial charge is 0.300 e. The average Bonchev–Trinajstić information content (AvgIpc) is 2.34. The van der Waals surface area contributed by atoms with E-state index in [9.17, 15) is 4.79 Å². The van der Waals surface area contributed by atoms with E-state index in [2.05, 4.69) is 0 Å². The molecule has 2 aliphatic rings. The van der Waals surface area contributed by atoms with Crippen LogP contribution in [0.1, 0.15) is 51.4 Å². The van der Waals surface area contributed by atoms with Crippen LogP contribution in [-0.2, 0) is 4.79 Å². The molecule has 1 nitrogen and oxygen atoms in total. The van der Waals surface area contributed by atoms with Gasteiger partial charge in [-0.05, 0) is 24.7 Å². The van der Waals surface area contributed by atoms with Gasteiger partial charge in [0.05, 0.1) is 0 Å². The Morgan fingerprint density at radius 2 is 1.73 bits per heavy atom. The monoisotopic (exact) mass is 152 g/mol. The van der Waals surface area contributed by atoms with Crippen molar-refractivity contribution < 1.29 is 4.79 Å². The predicted octanol–water partition coefficient (Wildman–Crippen LogP) is 2.69. The Bertz CT molecular complexity index is 166. The highest BCUT2D eigenvalue weighted by Crippen LogP contribution is 2.47. The van der Waals surface area contributed by atoms with Gasteiger partial charge < -0.3 is 0 Å². The van der Waals surface area contributed by atoms with Gasteiger partial charge in [0.25, 0.3) is 0 Å². The van der Waals surface area contributed by atoms with E-state index in [4.69, 9.17) is 0 Å². The number of hydrogen-bond acceptors (Lipinski definition) is 1. The van der Waals surface area contributed by atoms with Crippen molar-refractivity contribution in [3.8, 4) is 0 Å². The quantitative estimate of drug-likeness (QED) is 0.521. The molecule has 0 saturated heterocycles. The molecule has 0 atom stereocenters. The van der Waals surface area contributed by atoms with Gasteiger partial charge in [-0.1, -0.05) is 19.3 Å². The first-order chi connectivity index (χ1) is 5.31. The zero-order valence-corrected chi connectivity index (χ0v) is 7.07. The molecule has 0 aromatic rings. The Morgan fingerprint density at radius 1 is 1.00 bits per heavy atom. The second-order valence-electron chi connectivity index (χ2n) is 4.28.